The van der Waals surface area contributed by atoms with Gasteiger partial charge in [-0.3, -0.25) is 0 Å². The highest BCUT2D eigenvalue weighted by Crippen LogP contribution is 2.35. The molecule has 2 rings (SSSR count). The molecular formula is C16H25FN2. The summed E-state index contributed by atoms with van der Waals surface area (Å²) in [5, 5.41) is 3.25. The molecule has 0 spiro atoms. The first-order valence-electron chi connectivity index (χ1n) is 7.38. The third-order valence-corrected chi connectivity index (χ3v) is 3.50. The molecule has 1 aliphatic carbocycles. The second-order valence-corrected chi connectivity index (χ2v) is 5.80. The Balaban J connectivity index is 2.26. The molecule has 1 fully saturated rings. The molecular weight excluding hydrogens is 239 g/mol. The summed E-state index contributed by atoms with van der Waals surface area (Å²) in [4.78, 5) is 2.40. The van der Waals surface area contributed by atoms with Crippen LogP contribution in [0.2, 0.25) is 0 Å². The van der Waals surface area contributed by atoms with Crippen LogP contribution in [0.1, 0.15) is 39.2 Å². The van der Waals surface area contributed by atoms with Gasteiger partial charge in [0, 0.05) is 30.4 Å². The summed E-state index contributed by atoms with van der Waals surface area (Å²) in [6, 6.07) is 6.08. The fourth-order valence-corrected chi connectivity index (χ4v) is 2.47. The van der Waals surface area contributed by atoms with E-state index in [0.717, 1.165) is 24.3 Å². The summed E-state index contributed by atoms with van der Waals surface area (Å²) < 4.78 is 14.1. The van der Waals surface area contributed by atoms with Gasteiger partial charge in [0.05, 0.1) is 0 Å². The zero-order valence-electron chi connectivity index (χ0n) is 12.2. The number of halogens is 1. The second-order valence-electron chi connectivity index (χ2n) is 5.80. The van der Waals surface area contributed by atoms with Crippen LogP contribution < -0.4 is 10.2 Å². The minimum atomic E-state index is -0.0899. The van der Waals surface area contributed by atoms with Crippen LogP contribution in [-0.4, -0.2) is 19.1 Å². The maximum Gasteiger partial charge on any atom is 0.129 e. The van der Waals surface area contributed by atoms with Crippen LogP contribution in [0, 0.1) is 11.7 Å². The van der Waals surface area contributed by atoms with Gasteiger partial charge < -0.3 is 10.2 Å². The zero-order chi connectivity index (χ0) is 13.8. The van der Waals surface area contributed by atoms with Gasteiger partial charge in [-0.05, 0) is 37.4 Å². The van der Waals surface area contributed by atoms with Gasteiger partial charge in [-0.2, -0.15) is 0 Å². The molecule has 0 heterocycles. The first-order valence-corrected chi connectivity index (χ1v) is 7.38. The Bertz CT molecular complexity index is 413. The predicted molar refractivity (Wildman–Crippen MR) is 79.0 cm³/mol. The van der Waals surface area contributed by atoms with E-state index < -0.39 is 0 Å². The molecule has 0 aromatic heterocycles. The van der Waals surface area contributed by atoms with Gasteiger partial charge in [-0.25, -0.2) is 4.39 Å². The van der Waals surface area contributed by atoms with Crippen molar-refractivity contribution < 1.29 is 4.39 Å². The van der Waals surface area contributed by atoms with Crippen molar-refractivity contribution in [1.29, 1.82) is 0 Å². The first-order chi connectivity index (χ1) is 9.13. The summed E-state index contributed by atoms with van der Waals surface area (Å²) >= 11 is 0. The van der Waals surface area contributed by atoms with Gasteiger partial charge in [-0.1, -0.05) is 26.8 Å². The van der Waals surface area contributed by atoms with Gasteiger partial charge in [0.25, 0.3) is 0 Å². The van der Waals surface area contributed by atoms with Crippen molar-refractivity contribution in [2.75, 3.05) is 18.0 Å². The molecule has 0 atom stereocenters. The molecule has 0 radical (unpaired) electrons. The van der Waals surface area contributed by atoms with E-state index >= 15 is 0 Å². The highest BCUT2D eigenvalue weighted by atomic mass is 19.1. The molecule has 3 heteroatoms. The second kappa shape index (κ2) is 6.38. The van der Waals surface area contributed by atoms with Crippen molar-refractivity contribution >= 4 is 5.69 Å². The summed E-state index contributed by atoms with van der Waals surface area (Å²) in [5.41, 5.74) is 1.90. The Morgan fingerprint density at radius 2 is 2.11 bits per heavy atom. The number of rotatable bonds is 7. The third-order valence-electron chi connectivity index (χ3n) is 3.50. The summed E-state index contributed by atoms with van der Waals surface area (Å²) in [6.45, 7) is 8.97. The minimum absolute atomic E-state index is 0.0899. The number of anilines is 1. The molecule has 2 nitrogen and oxygen atoms in total. The molecule has 1 N–H and O–H groups in total. The van der Waals surface area contributed by atoms with Crippen molar-refractivity contribution in [3.05, 3.63) is 29.6 Å². The molecule has 1 aromatic rings. The lowest BCUT2D eigenvalue weighted by molar-refractivity contribution is 0.578. The van der Waals surface area contributed by atoms with Crippen molar-refractivity contribution in [3.8, 4) is 0 Å². The van der Waals surface area contributed by atoms with Crippen molar-refractivity contribution in [1.82, 2.24) is 5.32 Å². The Kier molecular flexibility index (Phi) is 4.81. The molecule has 0 saturated heterocycles. The summed E-state index contributed by atoms with van der Waals surface area (Å²) in [5.74, 6) is 0.503. The fraction of sp³-hybridized carbons (Fsp3) is 0.625. The molecule has 1 aliphatic rings. The Morgan fingerprint density at radius 1 is 1.37 bits per heavy atom. The van der Waals surface area contributed by atoms with Gasteiger partial charge >= 0.3 is 0 Å². The largest absolute Gasteiger partial charge is 0.368 e. The Morgan fingerprint density at radius 3 is 2.68 bits per heavy atom. The lowest BCUT2D eigenvalue weighted by Gasteiger charge is -2.29. The highest BCUT2D eigenvalue weighted by molar-refractivity contribution is 5.56. The topological polar surface area (TPSA) is 15.3 Å². The SMILES string of the molecule is CCNCc1c(F)cccc1N(CC(C)C)C1CC1. The highest BCUT2D eigenvalue weighted by Gasteiger charge is 2.31. The van der Waals surface area contributed by atoms with E-state index in [4.69, 9.17) is 0 Å². The van der Waals surface area contributed by atoms with Crippen molar-refractivity contribution in [2.45, 2.75) is 46.2 Å². The Hall–Kier alpha value is -1.09. The van der Waals surface area contributed by atoms with Crippen LogP contribution in [-0.2, 0) is 6.54 Å². The fourth-order valence-electron chi connectivity index (χ4n) is 2.47. The summed E-state index contributed by atoms with van der Waals surface area (Å²) in [6.07, 6.45) is 2.48. The summed E-state index contributed by atoms with van der Waals surface area (Å²) in [7, 11) is 0. The van der Waals surface area contributed by atoms with Crippen LogP contribution in [0.15, 0.2) is 18.2 Å². The molecule has 0 unspecified atom stereocenters. The number of hydrogen-bond donors (Lipinski definition) is 1. The van der Waals surface area contributed by atoms with Crippen LogP contribution in [0.4, 0.5) is 10.1 Å². The maximum absolute atomic E-state index is 14.1. The number of nitrogens with zero attached hydrogens (tertiary/aromatic N) is 1. The predicted octanol–water partition coefficient (Wildman–Crippen LogP) is 3.56. The molecule has 0 amide bonds. The van der Waals surface area contributed by atoms with Crippen LogP contribution in [0.25, 0.3) is 0 Å². The van der Waals surface area contributed by atoms with Crippen molar-refractivity contribution in [2.24, 2.45) is 5.92 Å². The maximum atomic E-state index is 14.1. The van der Waals surface area contributed by atoms with Crippen molar-refractivity contribution in [3.63, 3.8) is 0 Å². The smallest absolute Gasteiger partial charge is 0.129 e. The van der Waals surface area contributed by atoms with E-state index in [9.17, 15) is 4.39 Å². The average molecular weight is 264 g/mol. The van der Waals surface area contributed by atoms with E-state index in [1.165, 1.54) is 12.8 Å². The van der Waals surface area contributed by atoms with E-state index in [0.29, 0.717) is 18.5 Å². The van der Waals surface area contributed by atoms with E-state index in [1.807, 2.05) is 13.0 Å². The average Bonchev–Trinajstić information content (AvgIpc) is 3.18. The van der Waals surface area contributed by atoms with Gasteiger partial charge in [0.1, 0.15) is 5.82 Å². The number of nitrogens with one attached hydrogen (secondary N) is 1. The molecule has 1 aromatic carbocycles. The first kappa shape index (κ1) is 14.3. The monoisotopic (exact) mass is 264 g/mol. The molecule has 1 saturated carbocycles. The quantitative estimate of drug-likeness (QED) is 0.810. The number of benzene rings is 1. The standard InChI is InChI=1S/C16H25FN2/c1-4-18-10-14-15(17)6-5-7-16(14)19(11-12(2)3)13-8-9-13/h5-7,12-13,18H,4,8-11H2,1-3H3. The normalized spacial score (nSPS) is 15.0. The van der Waals surface area contributed by atoms with Gasteiger partial charge in [-0.15, -0.1) is 0 Å². The molecule has 106 valence electrons. The molecule has 0 aliphatic heterocycles. The lowest BCUT2D eigenvalue weighted by Crippen LogP contribution is -2.31. The van der Waals surface area contributed by atoms with Crippen LogP contribution in [0.5, 0.6) is 0 Å². The van der Waals surface area contributed by atoms with Crippen LogP contribution in [0.3, 0.4) is 0 Å². The van der Waals surface area contributed by atoms with E-state index in [-0.39, 0.29) is 5.82 Å². The molecule has 0 bridgehead atoms. The van der Waals surface area contributed by atoms with Gasteiger partial charge in [0.2, 0.25) is 0 Å². The Labute approximate surface area is 116 Å². The van der Waals surface area contributed by atoms with Crippen LogP contribution >= 0.6 is 0 Å². The minimum Gasteiger partial charge on any atom is -0.368 e. The number of hydrogen-bond acceptors (Lipinski definition) is 2. The van der Waals surface area contributed by atoms with Gasteiger partial charge in [0.15, 0.2) is 0 Å². The third kappa shape index (κ3) is 3.69. The van der Waals surface area contributed by atoms with E-state index in [1.54, 1.807) is 6.07 Å². The zero-order valence-corrected chi connectivity index (χ0v) is 12.2. The lowest BCUT2D eigenvalue weighted by atomic mass is 10.1. The molecule has 19 heavy (non-hydrogen) atoms. The van der Waals surface area contributed by atoms with E-state index in [2.05, 4.69) is 30.1 Å².